The summed E-state index contributed by atoms with van der Waals surface area (Å²) in [6.45, 7) is 3.71. The number of nitrogens with two attached hydrogens (primary N) is 1. The Bertz CT molecular complexity index is 904. The van der Waals surface area contributed by atoms with Crippen molar-refractivity contribution in [3.63, 3.8) is 0 Å². The first-order chi connectivity index (χ1) is 12.8. The summed E-state index contributed by atoms with van der Waals surface area (Å²) in [6.07, 6.45) is 3.06. The molecule has 2 amide bonds. The van der Waals surface area contributed by atoms with Gasteiger partial charge in [-0.15, -0.1) is 0 Å². The van der Waals surface area contributed by atoms with Gasteiger partial charge in [-0.05, 0) is 24.1 Å². The summed E-state index contributed by atoms with van der Waals surface area (Å²) < 4.78 is 5.08. The van der Waals surface area contributed by atoms with Crippen LogP contribution in [0.3, 0.4) is 0 Å². The molecule has 1 unspecified atom stereocenters. The van der Waals surface area contributed by atoms with E-state index in [1.54, 1.807) is 20.0 Å². The van der Waals surface area contributed by atoms with Crippen LogP contribution in [0.1, 0.15) is 48.1 Å². The highest BCUT2D eigenvalue weighted by molar-refractivity contribution is 6.02. The Labute approximate surface area is 157 Å². The SMILES string of the molecule is CCCC1(c2cccc(NC(=O)c3coc(C)n3)c2)CC(=O)N(C)C(N)=N1. The van der Waals surface area contributed by atoms with Gasteiger partial charge in [-0.3, -0.25) is 14.5 Å². The summed E-state index contributed by atoms with van der Waals surface area (Å²) in [5, 5.41) is 2.81. The zero-order valence-corrected chi connectivity index (χ0v) is 15.7. The second-order valence-corrected chi connectivity index (χ2v) is 6.67. The third-order valence-electron chi connectivity index (χ3n) is 4.66. The van der Waals surface area contributed by atoms with E-state index in [1.807, 2.05) is 25.1 Å². The van der Waals surface area contributed by atoms with Gasteiger partial charge in [-0.1, -0.05) is 25.5 Å². The van der Waals surface area contributed by atoms with Crippen molar-refractivity contribution in [3.8, 4) is 0 Å². The molecular weight excluding hydrogens is 346 g/mol. The number of anilines is 1. The molecule has 0 aliphatic carbocycles. The van der Waals surface area contributed by atoms with Gasteiger partial charge in [0.2, 0.25) is 5.91 Å². The van der Waals surface area contributed by atoms with E-state index in [2.05, 4.69) is 15.3 Å². The lowest BCUT2D eigenvalue weighted by atomic mass is 9.81. The van der Waals surface area contributed by atoms with Crippen molar-refractivity contribution in [1.82, 2.24) is 9.88 Å². The van der Waals surface area contributed by atoms with Crippen molar-refractivity contribution in [3.05, 3.63) is 47.7 Å². The number of carbonyl (C=O) groups is 2. The van der Waals surface area contributed by atoms with Gasteiger partial charge < -0.3 is 15.5 Å². The Hall–Kier alpha value is -3.16. The van der Waals surface area contributed by atoms with E-state index in [1.165, 1.54) is 11.2 Å². The number of aromatic nitrogens is 1. The third kappa shape index (κ3) is 3.69. The minimum Gasteiger partial charge on any atom is -0.448 e. The molecule has 8 heteroatoms. The Morgan fingerprint density at radius 3 is 2.85 bits per heavy atom. The second kappa shape index (κ2) is 7.22. The van der Waals surface area contributed by atoms with E-state index in [-0.39, 0.29) is 29.9 Å². The van der Waals surface area contributed by atoms with Gasteiger partial charge in [0.1, 0.15) is 6.26 Å². The summed E-state index contributed by atoms with van der Waals surface area (Å²) in [4.78, 5) is 34.8. The molecule has 1 aliphatic heterocycles. The van der Waals surface area contributed by atoms with Crippen LogP contribution in [0, 0.1) is 6.92 Å². The number of aliphatic imine (C=N–C) groups is 1. The molecule has 1 aromatic heterocycles. The van der Waals surface area contributed by atoms with E-state index < -0.39 is 5.54 Å². The number of benzene rings is 1. The van der Waals surface area contributed by atoms with Gasteiger partial charge in [-0.25, -0.2) is 9.98 Å². The molecular formula is C19H23N5O3. The van der Waals surface area contributed by atoms with Crippen molar-refractivity contribution in [2.75, 3.05) is 12.4 Å². The average Bonchev–Trinajstić information content (AvgIpc) is 3.07. The maximum Gasteiger partial charge on any atom is 0.277 e. The highest BCUT2D eigenvalue weighted by atomic mass is 16.3. The van der Waals surface area contributed by atoms with E-state index in [9.17, 15) is 9.59 Å². The highest BCUT2D eigenvalue weighted by Gasteiger charge is 2.39. The van der Waals surface area contributed by atoms with Crippen LogP contribution < -0.4 is 11.1 Å². The summed E-state index contributed by atoms with van der Waals surface area (Å²) >= 11 is 0. The molecule has 0 bridgehead atoms. The molecule has 2 aromatic rings. The molecule has 3 N–H and O–H groups in total. The fourth-order valence-corrected chi connectivity index (χ4v) is 3.25. The number of hydrogen-bond donors (Lipinski definition) is 2. The van der Waals surface area contributed by atoms with Crippen LogP contribution in [0.5, 0.6) is 0 Å². The number of nitrogens with zero attached hydrogens (tertiary/aromatic N) is 3. The molecule has 0 saturated heterocycles. The van der Waals surface area contributed by atoms with Gasteiger partial charge in [-0.2, -0.15) is 0 Å². The van der Waals surface area contributed by atoms with E-state index >= 15 is 0 Å². The molecule has 2 heterocycles. The van der Waals surface area contributed by atoms with E-state index in [0.717, 1.165) is 12.0 Å². The Kier molecular flexibility index (Phi) is 4.98. The van der Waals surface area contributed by atoms with Crippen LogP contribution in [0.2, 0.25) is 0 Å². The third-order valence-corrected chi connectivity index (χ3v) is 4.66. The molecule has 1 aromatic carbocycles. The lowest BCUT2D eigenvalue weighted by Gasteiger charge is -2.36. The van der Waals surface area contributed by atoms with Crippen molar-refractivity contribution in [2.24, 2.45) is 10.7 Å². The Morgan fingerprint density at radius 1 is 1.44 bits per heavy atom. The van der Waals surface area contributed by atoms with Crippen molar-refractivity contribution >= 4 is 23.5 Å². The number of nitrogens with one attached hydrogen (secondary N) is 1. The van der Waals surface area contributed by atoms with Crippen molar-refractivity contribution in [1.29, 1.82) is 0 Å². The minimum atomic E-state index is -0.729. The maximum atomic E-state index is 12.4. The first-order valence-corrected chi connectivity index (χ1v) is 8.80. The van der Waals surface area contributed by atoms with E-state index in [4.69, 9.17) is 10.2 Å². The average molecular weight is 369 g/mol. The molecule has 0 spiro atoms. The van der Waals surface area contributed by atoms with Gasteiger partial charge >= 0.3 is 0 Å². The number of aryl methyl sites for hydroxylation is 1. The Morgan fingerprint density at radius 2 is 2.22 bits per heavy atom. The number of hydrogen-bond acceptors (Lipinski definition) is 6. The predicted octanol–water partition coefficient (Wildman–Crippen LogP) is 2.41. The largest absolute Gasteiger partial charge is 0.448 e. The van der Waals surface area contributed by atoms with Crippen molar-refractivity contribution in [2.45, 2.75) is 38.6 Å². The fraction of sp³-hybridized carbons (Fsp3) is 0.368. The fourth-order valence-electron chi connectivity index (χ4n) is 3.25. The first-order valence-electron chi connectivity index (χ1n) is 8.80. The molecule has 1 atom stereocenters. The minimum absolute atomic E-state index is 0.0801. The smallest absolute Gasteiger partial charge is 0.277 e. The highest BCUT2D eigenvalue weighted by Crippen LogP contribution is 2.38. The maximum absolute atomic E-state index is 12.4. The summed E-state index contributed by atoms with van der Waals surface area (Å²) in [5.41, 5.74) is 6.88. The predicted molar refractivity (Wildman–Crippen MR) is 101 cm³/mol. The number of rotatable bonds is 5. The lowest BCUT2D eigenvalue weighted by molar-refractivity contribution is -0.128. The number of amides is 2. The quantitative estimate of drug-likeness (QED) is 0.840. The van der Waals surface area contributed by atoms with Gasteiger partial charge in [0.15, 0.2) is 17.5 Å². The van der Waals surface area contributed by atoms with E-state index in [0.29, 0.717) is 18.0 Å². The van der Waals surface area contributed by atoms with Crippen LogP contribution in [0.4, 0.5) is 5.69 Å². The zero-order valence-electron chi connectivity index (χ0n) is 15.7. The molecule has 3 rings (SSSR count). The molecule has 0 saturated carbocycles. The van der Waals surface area contributed by atoms with Crippen LogP contribution in [-0.2, 0) is 10.3 Å². The first kappa shape index (κ1) is 18.6. The second-order valence-electron chi connectivity index (χ2n) is 6.67. The van der Waals surface area contributed by atoms with Gasteiger partial charge in [0, 0.05) is 19.7 Å². The number of carbonyl (C=O) groups excluding carboxylic acids is 2. The molecule has 0 fully saturated rings. The lowest BCUT2D eigenvalue weighted by Crippen LogP contribution is -2.48. The zero-order chi connectivity index (χ0) is 19.6. The standard InChI is InChI=1S/C19H23N5O3/c1-4-8-19(10-16(25)24(3)18(20)23-19)13-6-5-7-14(9-13)22-17(26)15-11-27-12(2)21-15/h5-7,9,11H,4,8,10H2,1-3H3,(H2,20,23)(H,22,26). The van der Waals surface area contributed by atoms with Crippen LogP contribution >= 0.6 is 0 Å². The molecule has 142 valence electrons. The van der Waals surface area contributed by atoms with Crippen LogP contribution in [0.25, 0.3) is 0 Å². The van der Waals surface area contributed by atoms with Crippen LogP contribution in [0.15, 0.2) is 39.9 Å². The number of guanidine groups is 1. The van der Waals surface area contributed by atoms with Crippen molar-refractivity contribution < 1.29 is 14.0 Å². The summed E-state index contributed by atoms with van der Waals surface area (Å²) in [5.74, 6) is 0.178. The topological polar surface area (TPSA) is 114 Å². The van der Waals surface area contributed by atoms with Gasteiger partial charge in [0.25, 0.3) is 5.91 Å². The summed E-state index contributed by atoms with van der Waals surface area (Å²) in [6, 6.07) is 7.33. The molecule has 1 aliphatic rings. The normalized spacial score (nSPS) is 19.7. The molecule has 8 nitrogen and oxygen atoms in total. The summed E-state index contributed by atoms with van der Waals surface area (Å²) in [7, 11) is 1.62. The molecule has 0 radical (unpaired) electrons. The van der Waals surface area contributed by atoms with Gasteiger partial charge in [0.05, 0.1) is 12.0 Å². The molecule has 27 heavy (non-hydrogen) atoms. The van der Waals surface area contributed by atoms with Crippen LogP contribution in [-0.4, -0.2) is 34.7 Å². The number of oxazole rings is 1. The monoisotopic (exact) mass is 369 g/mol. The Balaban J connectivity index is 1.93.